The SMILES string of the molecule is CN(C)c1ccncn1.CNC. The summed E-state index contributed by atoms with van der Waals surface area (Å²) in [5.41, 5.74) is 0. The molecule has 0 aliphatic heterocycles. The van der Waals surface area contributed by atoms with Gasteiger partial charge in [0.05, 0.1) is 0 Å². The molecule has 0 aromatic carbocycles. The van der Waals surface area contributed by atoms with E-state index in [1.54, 1.807) is 6.20 Å². The average molecular weight is 168 g/mol. The van der Waals surface area contributed by atoms with Crippen molar-refractivity contribution in [3.05, 3.63) is 18.6 Å². The second kappa shape index (κ2) is 6.54. The molecule has 0 spiro atoms. The highest BCUT2D eigenvalue weighted by Crippen LogP contribution is 2.00. The summed E-state index contributed by atoms with van der Waals surface area (Å²) in [5, 5.41) is 2.75. The van der Waals surface area contributed by atoms with Crippen molar-refractivity contribution in [1.82, 2.24) is 15.3 Å². The lowest BCUT2D eigenvalue weighted by Gasteiger charge is -2.08. The van der Waals surface area contributed by atoms with Gasteiger partial charge < -0.3 is 10.2 Å². The van der Waals surface area contributed by atoms with Crippen LogP contribution in [0.2, 0.25) is 0 Å². The first-order chi connectivity index (χ1) is 5.72. The summed E-state index contributed by atoms with van der Waals surface area (Å²) in [6, 6.07) is 1.86. The molecule has 1 aromatic rings. The molecular weight excluding hydrogens is 152 g/mol. The molecule has 0 fully saturated rings. The topological polar surface area (TPSA) is 41.1 Å². The fourth-order valence-corrected chi connectivity index (χ4v) is 0.548. The standard InChI is InChI=1S/C6H9N3.C2H7N/c1-9(2)6-3-4-7-5-8-6;1-3-2/h3-5H,1-2H3;3H,1-2H3. The van der Waals surface area contributed by atoms with Crippen molar-refractivity contribution >= 4 is 5.82 Å². The van der Waals surface area contributed by atoms with E-state index in [0.29, 0.717) is 0 Å². The van der Waals surface area contributed by atoms with E-state index in [1.807, 2.05) is 39.2 Å². The van der Waals surface area contributed by atoms with Crippen LogP contribution in [0.1, 0.15) is 0 Å². The molecule has 12 heavy (non-hydrogen) atoms. The molecule has 0 unspecified atom stereocenters. The van der Waals surface area contributed by atoms with Gasteiger partial charge >= 0.3 is 0 Å². The normalized spacial score (nSPS) is 8.33. The van der Waals surface area contributed by atoms with Crippen molar-refractivity contribution in [3.8, 4) is 0 Å². The third-order valence-electron chi connectivity index (χ3n) is 1.02. The zero-order valence-corrected chi connectivity index (χ0v) is 8.07. The highest BCUT2D eigenvalue weighted by Gasteiger charge is 1.90. The first-order valence-electron chi connectivity index (χ1n) is 3.74. The van der Waals surface area contributed by atoms with Crippen molar-refractivity contribution in [1.29, 1.82) is 0 Å². The quantitative estimate of drug-likeness (QED) is 0.658. The zero-order chi connectivity index (χ0) is 9.40. The van der Waals surface area contributed by atoms with Crippen molar-refractivity contribution < 1.29 is 0 Å². The number of nitrogens with one attached hydrogen (secondary N) is 1. The number of hydrogen-bond acceptors (Lipinski definition) is 4. The van der Waals surface area contributed by atoms with Crippen LogP contribution in [0.5, 0.6) is 0 Å². The first-order valence-corrected chi connectivity index (χ1v) is 3.74. The summed E-state index contributed by atoms with van der Waals surface area (Å²) in [7, 11) is 7.64. The summed E-state index contributed by atoms with van der Waals surface area (Å²) in [6.07, 6.45) is 3.26. The molecule has 0 amide bonds. The lowest BCUT2D eigenvalue weighted by atomic mass is 10.5. The van der Waals surface area contributed by atoms with E-state index in [0.717, 1.165) is 5.82 Å². The Morgan fingerprint density at radius 3 is 2.17 bits per heavy atom. The van der Waals surface area contributed by atoms with Crippen molar-refractivity contribution in [2.45, 2.75) is 0 Å². The van der Waals surface area contributed by atoms with Crippen LogP contribution in [0.3, 0.4) is 0 Å². The molecule has 1 N–H and O–H groups in total. The van der Waals surface area contributed by atoms with Crippen LogP contribution in [-0.2, 0) is 0 Å². The van der Waals surface area contributed by atoms with Gasteiger partial charge in [-0.1, -0.05) is 0 Å². The van der Waals surface area contributed by atoms with Gasteiger partial charge in [0.2, 0.25) is 0 Å². The van der Waals surface area contributed by atoms with Gasteiger partial charge in [-0.05, 0) is 20.2 Å². The maximum atomic E-state index is 3.99. The highest BCUT2D eigenvalue weighted by atomic mass is 15.1. The lowest BCUT2D eigenvalue weighted by Crippen LogP contribution is -2.09. The summed E-state index contributed by atoms with van der Waals surface area (Å²) < 4.78 is 0. The van der Waals surface area contributed by atoms with Crippen molar-refractivity contribution in [2.24, 2.45) is 0 Å². The minimum absolute atomic E-state index is 0.935. The van der Waals surface area contributed by atoms with E-state index >= 15 is 0 Å². The van der Waals surface area contributed by atoms with E-state index in [-0.39, 0.29) is 0 Å². The summed E-state index contributed by atoms with van der Waals surface area (Å²) in [5.74, 6) is 0.935. The molecule has 1 aromatic heterocycles. The fraction of sp³-hybridized carbons (Fsp3) is 0.500. The van der Waals surface area contributed by atoms with Crippen LogP contribution in [0.25, 0.3) is 0 Å². The second-order valence-electron chi connectivity index (χ2n) is 2.46. The second-order valence-corrected chi connectivity index (χ2v) is 2.46. The Morgan fingerprint density at radius 2 is 1.92 bits per heavy atom. The molecule has 0 aliphatic rings. The van der Waals surface area contributed by atoms with Crippen molar-refractivity contribution in [2.75, 3.05) is 33.1 Å². The predicted molar refractivity (Wildman–Crippen MR) is 51.3 cm³/mol. The van der Waals surface area contributed by atoms with Crippen LogP contribution in [0, 0.1) is 0 Å². The number of nitrogens with zero attached hydrogens (tertiary/aromatic N) is 3. The van der Waals surface area contributed by atoms with Crippen LogP contribution < -0.4 is 10.2 Å². The van der Waals surface area contributed by atoms with Crippen molar-refractivity contribution in [3.63, 3.8) is 0 Å². The summed E-state index contributed by atoms with van der Waals surface area (Å²) in [4.78, 5) is 9.72. The van der Waals surface area contributed by atoms with Gasteiger partial charge in [0, 0.05) is 20.3 Å². The molecule has 0 radical (unpaired) electrons. The molecule has 0 aliphatic carbocycles. The Hall–Kier alpha value is -1.16. The maximum absolute atomic E-state index is 3.99. The third kappa shape index (κ3) is 4.62. The highest BCUT2D eigenvalue weighted by molar-refractivity contribution is 5.33. The first kappa shape index (κ1) is 10.8. The largest absolute Gasteiger partial charge is 0.363 e. The summed E-state index contributed by atoms with van der Waals surface area (Å²) >= 11 is 0. The molecular formula is C8H16N4. The Bertz CT molecular complexity index is 186. The van der Waals surface area contributed by atoms with Crippen LogP contribution in [-0.4, -0.2) is 38.2 Å². The third-order valence-corrected chi connectivity index (χ3v) is 1.02. The molecule has 68 valence electrons. The molecule has 0 saturated carbocycles. The molecule has 4 heteroatoms. The van der Waals surface area contributed by atoms with Gasteiger partial charge in [-0.3, -0.25) is 0 Å². The Kier molecular flexibility index (Phi) is 5.91. The molecule has 0 saturated heterocycles. The van der Waals surface area contributed by atoms with E-state index < -0.39 is 0 Å². The number of rotatable bonds is 1. The van der Waals surface area contributed by atoms with E-state index in [4.69, 9.17) is 0 Å². The smallest absolute Gasteiger partial charge is 0.131 e. The molecule has 0 atom stereocenters. The van der Waals surface area contributed by atoms with Gasteiger partial charge in [-0.2, -0.15) is 0 Å². The minimum atomic E-state index is 0.935. The van der Waals surface area contributed by atoms with Gasteiger partial charge in [0.1, 0.15) is 12.1 Å². The molecule has 1 heterocycles. The molecule has 4 nitrogen and oxygen atoms in total. The number of anilines is 1. The summed E-state index contributed by atoms with van der Waals surface area (Å²) in [6.45, 7) is 0. The zero-order valence-electron chi connectivity index (χ0n) is 8.07. The number of aromatic nitrogens is 2. The number of hydrogen-bond donors (Lipinski definition) is 1. The Balaban J connectivity index is 0.000000354. The lowest BCUT2D eigenvalue weighted by molar-refractivity contribution is 1.02. The van der Waals surface area contributed by atoms with Crippen LogP contribution in [0.4, 0.5) is 5.82 Å². The average Bonchev–Trinajstić information content (AvgIpc) is 2.07. The molecule has 1 rings (SSSR count). The fourth-order valence-electron chi connectivity index (χ4n) is 0.548. The molecule has 0 bridgehead atoms. The van der Waals surface area contributed by atoms with E-state index in [1.165, 1.54) is 6.33 Å². The van der Waals surface area contributed by atoms with Gasteiger partial charge in [0.25, 0.3) is 0 Å². The van der Waals surface area contributed by atoms with E-state index in [2.05, 4.69) is 15.3 Å². The van der Waals surface area contributed by atoms with Crippen LogP contribution in [0.15, 0.2) is 18.6 Å². The van der Waals surface area contributed by atoms with Gasteiger partial charge in [-0.25, -0.2) is 9.97 Å². The van der Waals surface area contributed by atoms with E-state index in [9.17, 15) is 0 Å². The van der Waals surface area contributed by atoms with Gasteiger partial charge in [0.15, 0.2) is 0 Å². The Morgan fingerprint density at radius 1 is 1.33 bits per heavy atom. The minimum Gasteiger partial charge on any atom is -0.363 e. The maximum Gasteiger partial charge on any atom is 0.131 e. The van der Waals surface area contributed by atoms with Gasteiger partial charge in [-0.15, -0.1) is 0 Å². The monoisotopic (exact) mass is 168 g/mol. The Labute approximate surface area is 73.6 Å². The van der Waals surface area contributed by atoms with Crippen LogP contribution >= 0.6 is 0 Å². The predicted octanol–water partition coefficient (Wildman–Crippen LogP) is 0.378.